The molecule has 1 heterocycles. The molecule has 108 valence electrons. The van der Waals surface area contributed by atoms with Crippen molar-refractivity contribution in [2.45, 2.75) is 58.2 Å². The van der Waals surface area contributed by atoms with Crippen LogP contribution in [0.5, 0.6) is 0 Å². The summed E-state index contributed by atoms with van der Waals surface area (Å²) in [5.74, 6) is 0.732. The van der Waals surface area contributed by atoms with Crippen molar-refractivity contribution < 1.29 is 4.74 Å². The average Bonchev–Trinajstić information content (AvgIpc) is 2.89. The zero-order chi connectivity index (χ0) is 13.5. The predicted octanol–water partition coefficient (Wildman–Crippen LogP) is 2.46. The first-order valence-corrected chi connectivity index (χ1v) is 7.58. The second kappa shape index (κ2) is 7.65. The van der Waals surface area contributed by atoms with E-state index in [1.807, 2.05) is 23.1 Å². The first-order chi connectivity index (χ1) is 9.25. The number of rotatable bonds is 7. The Labute approximate surface area is 116 Å². The Bertz CT molecular complexity index is 339. The van der Waals surface area contributed by atoms with E-state index in [2.05, 4.69) is 24.3 Å². The third kappa shape index (κ3) is 4.96. The Morgan fingerprint density at radius 3 is 3.00 bits per heavy atom. The van der Waals surface area contributed by atoms with Gasteiger partial charge in [-0.05, 0) is 31.7 Å². The van der Waals surface area contributed by atoms with Crippen LogP contribution in [0, 0.1) is 5.92 Å². The zero-order valence-electron chi connectivity index (χ0n) is 12.2. The number of aromatic nitrogens is 2. The molecule has 4 nitrogen and oxygen atoms in total. The van der Waals surface area contributed by atoms with Gasteiger partial charge in [0.2, 0.25) is 0 Å². The molecule has 0 saturated heterocycles. The van der Waals surface area contributed by atoms with E-state index in [4.69, 9.17) is 4.74 Å². The fourth-order valence-corrected chi connectivity index (χ4v) is 2.80. The molecule has 0 unspecified atom stereocenters. The number of nitrogens with one attached hydrogen (secondary N) is 1. The lowest BCUT2D eigenvalue weighted by Gasteiger charge is -2.29. The maximum atomic E-state index is 6.00. The highest BCUT2D eigenvalue weighted by Gasteiger charge is 2.21. The van der Waals surface area contributed by atoms with Crippen LogP contribution in [0.25, 0.3) is 0 Å². The molecule has 3 atom stereocenters. The summed E-state index contributed by atoms with van der Waals surface area (Å²) in [5.41, 5.74) is 0. The molecule has 1 aliphatic carbocycles. The molecule has 1 saturated carbocycles. The molecule has 1 aromatic heterocycles. The SMILES string of the molecule is C[C@H](Cn1cccn1)NCCO[C@H]1CCCC[C@H]1C. The standard InChI is InChI=1S/C15H27N3O/c1-13-6-3-4-7-15(13)19-11-9-16-14(2)12-18-10-5-8-17-18/h5,8,10,13-16H,3-4,6-7,9,11-12H2,1-2H3/t13-,14-,15+/m1/s1. The summed E-state index contributed by atoms with van der Waals surface area (Å²) in [7, 11) is 0. The normalized spacial score (nSPS) is 25.4. The third-order valence-electron chi connectivity index (χ3n) is 3.98. The van der Waals surface area contributed by atoms with Crippen molar-refractivity contribution in [3.8, 4) is 0 Å². The molecule has 1 aromatic rings. The highest BCUT2D eigenvalue weighted by Crippen LogP contribution is 2.25. The topological polar surface area (TPSA) is 39.1 Å². The molecule has 2 rings (SSSR count). The van der Waals surface area contributed by atoms with Gasteiger partial charge >= 0.3 is 0 Å². The highest BCUT2D eigenvalue weighted by molar-refractivity contribution is 4.79. The van der Waals surface area contributed by atoms with Crippen molar-refractivity contribution >= 4 is 0 Å². The van der Waals surface area contributed by atoms with Gasteiger partial charge in [0.25, 0.3) is 0 Å². The van der Waals surface area contributed by atoms with Gasteiger partial charge < -0.3 is 10.1 Å². The summed E-state index contributed by atoms with van der Waals surface area (Å²) >= 11 is 0. The van der Waals surface area contributed by atoms with Crippen LogP contribution < -0.4 is 5.32 Å². The number of hydrogen-bond acceptors (Lipinski definition) is 3. The van der Waals surface area contributed by atoms with Gasteiger partial charge in [-0.2, -0.15) is 5.10 Å². The van der Waals surface area contributed by atoms with Crippen LogP contribution in [0.3, 0.4) is 0 Å². The zero-order valence-corrected chi connectivity index (χ0v) is 12.2. The Balaban J connectivity index is 1.56. The molecule has 0 spiro atoms. The van der Waals surface area contributed by atoms with Gasteiger partial charge in [0.05, 0.1) is 19.3 Å². The van der Waals surface area contributed by atoms with Crippen LogP contribution in [0.15, 0.2) is 18.5 Å². The molecule has 4 heteroatoms. The van der Waals surface area contributed by atoms with E-state index in [9.17, 15) is 0 Å². The first kappa shape index (κ1) is 14.5. The Morgan fingerprint density at radius 1 is 1.42 bits per heavy atom. The monoisotopic (exact) mass is 265 g/mol. The van der Waals surface area contributed by atoms with Gasteiger partial charge in [-0.1, -0.05) is 19.8 Å². The van der Waals surface area contributed by atoms with Crippen molar-refractivity contribution in [1.82, 2.24) is 15.1 Å². The molecule has 0 bridgehead atoms. The van der Waals surface area contributed by atoms with Crippen LogP contribution in [-0.4, -0.2) is 35.1 Å². The van der Waals surface area contributed by atoms with E-state index in [1.54, 1.807) is 0 Å². The molecule has 1 aliphatic rings. The summed E-state index contributed by atoms with van der Waals surface area (Å²) in [5, 5.41) is 7.70. The molecular formula is C15H27N3O. The van der Waals surface area contributed by atoms with Crippen LogP contribution in [-0.2, 0) is 11.3 Å². The van der Waals surface area contributed by atoms with E-state index < -0.39 is 0 Å². The maximum absolute atomic E-state index is 6.00. The van der Waals surface area contributed by atoms with Gasteiger partial charge in [0.15, 0.2) is 0 Å². The van der Waals surface area contributed by atoms with Crippen LogP contribution in [0.4, 0.5) is 0 Å². The lowest BCUT2D eigenvalue weighted by molar-refractivity contribution is -0.00385. The second-order valence-electron chi connectivity index (χ2n) is 5.75. The molecule has 0 radical (unpaired) electrons. The van der Waals surface area contributed by atoms with Crippen molar-refractivity contribution in [2.75, 3.05) is 13.2 Å². The van der Waals surface area contributed by atoms with Gasteiger partial charge in [0.1, 0.15) is 0 Å². The Kier molecular flexibility index (Phi) is 5.86. The van der Waals surface area contributed by atoms with E-state index in [1.165, 1.54) is 25.7 Å². The fraction of sp³-hybridized carbons (Fsp3) is 0.800. The van der Waals surface area contributed by atoms with Crippen LogP contribution in [0.1, 0.15) is 39.5 Å². The molecule has 1 N–H and O–H groups in total. The van der Waals surface area contributed by atoms with E-state index >= 15 is 0 Å². The lowest BCUT2D eigenvalue weighted by atomic mass is 9.88. The average molecular weight is 265 g/mol. The van der Waals surface area contributed by atoms with Crippen LogP contribution >= 0.6 is 0 Å². The first-order valence-electron chi connectivity index (χ1n) is 7.58. The molecule has 0 aromatic carbocycles. The molecule has 1 fully saturated rings. The van der Waals surface area contributed by atoms with E-state index in [0.717, 1.165) is 25.6 Å². The predicted molar refractivity (Wildman–Crippen MR) is 77.1 cm³/mol. The second-order valence-corrected chi connectivity index (χ2v) is 5.75. The summed E-state index contributed by atoms with van der Waals surface area (Å²) in [6, 6.07) is 2.38. The van der Waals surface area contributed by atoms with Gasteiger partial charge in [-0.15, -0.1) is 0 Å². The summed E-state index contributed by atoms with van der Waals surface area (Å²) in [4.78, 5) is 0. The number of ether oxygens (including phenoxy) is 1. The van der Waals surface area contributed by atoms with Crippen molar-refractivity contribution in [1.29, 1.82) is 0 Å². The molecule has 19 heavy (non-hydrogen) atoms. The van der Waals surface area contributed by atoms with Crippen molar-refractivity contribution in [3.05, 3.63) is 18.5 Å². The van der Waals surface area contributed by atoms with Gasteiger partial charge in [-0.25, -0.2) is 0 Å². The summed E-state index contributed by atoms with van der Waals surface area (Å²) < 4.78 is 7.96. The van der Waals surface area contributed by atoms with Gasteiger partial charge in [0, 0.05) is 25.0 Å². The third-order valence-corrected chi connectivity index (χ3v) is 3.98. The largest absolute Gasteiger partial charge is 0.377 e. The summed E-state index contributed by atoms with van der Waals surface area (Å²) in [6.45, 7) is 7.15. The Morgan fingerprint density at radius 2 is 2.26 bits per heavy atom. The fourth-order valence-electron chi connectivity index (χ4n) is 2.80. The highest BCUT2D eigenvalue weighted by atomic mass is 16.5. The Hall–Kier alpha value is -0.870. The van der Waals surface area contributed by atoms with Gasteiger partial charge in [-0.3, -0.25) is 4.68 Å². The molecular weight excluding hydrogens is 238 g/mol. The van der Waals surface area contributed by atoms with E-state index in [0.29, 0.717) is 12.1 Å². The maximum Gasteiger partial charge on any atom is 0.0601 e. The number of hydrogen-bond donors (Lipinski definition) is 1. The quantitative estimate of drug-likeness (QED) is 0.770. The van der Waals surface area contributed by atoms with Crippen LogP contribution in [0.2, 0.25) is 0 Å². The smallest absolute Gasteiger partial charge is 0.0601 e. The molecule has 0 aliphatic heterocycles. The minimum absolute atomic E-state index is 0.423. The molecule has 0 amide bonds. The minimum Gasteiger partial charge on any atom is -0.377 e. The summed E-state index contributed by atoms with van der Waals surface area (Å²) in [6.07, 6.45) is 9.58. The minimum atomic E-state index is 0.423. The number of nitrogens with zero attached hydrogens (tertiary/aromatic N) is 2. The van der Waals surface area contributed by atoms with Crippen molar-refractivity contribution in [3.63, 3.8) is 0 Å². The van der Waals surface area contributed by atoms with E-state index in [-0.39, 0.29) is 0 Å². The lowest BCUT2D eigenvalue weighted by Crippen LogP contribution is -2.35. The van der Waals surface area contributed by atoms with Crippen molar-refractivity contribution in [2.24, 2.45) is 5.92 Å².